The van der Waals surface area contributed by atoms with E-state index in [1.54, 1.807) is 23.0 Å². The number of amides is 1. The maximum atomic E-state index is 12.7. The number of hydrogen-bond donors (Lipinski definition) is 2. The molecule has 5 rings (SSSR count). The number of nitrogens with zero attached hydrogens (tertiary/aromatic N) is 3. The Morgan fingerprint density at radius 3 is 2.79 bits per heavy atom. The summed E-state index contributed by atoms with van der Waals surface area (Å²) in [6.45, 7) is 2.01. The van der Waals surface area contributed by atoms with Crippen molar-refractivity contribution in [3.63, 3.8) is 0 Å². The van der Waals surface area contributed by atoms with Crippen molar-refractivity contribution in [3.05, 3.63) is 84.4 Å². The first-order valence-corrected chi connectivity index (χ1v) is 8.96. The first-order valence-electron chi connectivity index (χ1n) is 8.96. The second-order valence-electron chi connectivity index (χ2n) is 6.76. The summed E-state index contributed by atoms with van der Waals surface area (Å²) < 4.78 is 1.76. The molecular formula is C22H17N5O. The minimum absolute atomic E-state index is 0.155. The summed E-state index contributed by atoms with van der Waals surface area (Å²) in [4.78, 5) is 20.2. The van der Waals surface area contributed by atoms with Crippen LogP contribution in [0.1, 0.15) is 15.9 Å². The molecule has 0 radical (unpaired) electrons. The van der Waals surface area contributed by atoms with Gasteiger partial charge in [-0.3, -0.25) is 4.79 Å². The van der Waals surface area contributed by atoms with Crippen LogP contribution in [0.3, 0.4) is 0 Å². The third kappa shape index (κ3) is 2.81. The van der Waals surface area contributed by atoms with E-state index < -0.39 is 0 Å². The SMILES string of the molecule is Cc1ccc(NC(=O)c2ccn3ncc(-c4cnc5[nH]ccc5c4)c3c2)cc1. The molecule has 4 heterocycles. The number of aryl methyl sites for hydroxylation is 1. The third-order valence-electron chi connectivity index (χ3n) is 4.80. The van der Waals surface area contributed by atoms with Crippen LogP contribution >= 0.6 is 0 Å². The van der Waals surface area contributed by atoms with Crippen LogP contribution < -0.4 is 5.32 Å². The lowest BCUT2D eigenvalue weighted by atomic mass is 10.1. The van der Waals surface area contributed by atoms with Gasteiger partial charge in [0.2, 0.25) is 0 Å². The van der Waals surface area contributed by atoms with Crippen molar-refractivity contribution in [2.24, 2.45) is 0 Å². The quantitative estimate of drug-likeness (QED) is 0.495. The molecule has 0 aliphatic carbocycles. The van der Waals surface area contributed by atoms with Gasteiger partial charge in [-0.1, -0.05) is 17.7 Å². The van der Waals surface area contributed by atoms with E-state index in [1.165, 1.54) is 0 Å². The molecule has 1 aromatic carbocycles. The number of hydrogen-bond acceptors (Lipinski definition) is 3. The highest BCUT2D eigenvalue weighted by atomic mass is 16.1. The molecule has 0 bridgehead atoms. The van der Waals surface area contributed by atoms with Gasteiger partial charge < -0.3 is 10.3 Å². The van der Waals surface area contributed by atoms with Crippen molar-refractivity contribution < 1.29 is 4.79 Å². The van der Waals surface area contributed by atoms with Gasteiger partial charge >= 0.3 is 0 Å². The highest BCUT2D eigenvalue weighted by Crippen LogP contribution is 2.27. The summed E-state index contributed by atoms with van der Waals surface area (Å²) in [6, 6.07) is 15.4. The molecule has 4 aromatic heterocycles. The molecule has 0 saturated heterocycles. The molecule has 0 spiro atoms. The van der Waals surface area contributed by atoms with Crippen molar-refractivity contribution >= 4 is 28.1 Å². The highest BCUT2D eigenvalue weighted by Gasteiger charge is 2.12. The average molecular weight is 367 g/mol. The summed E-state index contributed by atoms with van der Waals surface area (Å²) in [5.74, 6) is -0.155. The molecule has 0 aliphatic rings. The molecule has 5 aromatic rings. The number of aromatic nitrogens is 4. The van der Waals surface area contributed by atoms with Crippen molar-refractivity contribution in [3.8, 4) is 11.1 Å². The van der Waals surface area contributed by atoms with Gasteiger partial charge in [0.05, 0.1) is 11.7 Å². The monoisotopic (exact) mass is 367 g/mol. The van der Waals surface area contributed by atoms with Crippen LogP contribution in [-0.2, 0) is 0 Å². The largest absolute Gasteiger partial charge is 0.346 e. The van der Waals surface area contributed by atoms with Gasteiger partial charge in [0.1, 0.15) is 5.65 Å². The summed E-state index contributed by atoms with van der Waals surface area (Å²) in [5, 5.41) is 8.38. The van der Waals surface area contributed by atoms with Gasteiger partial charge in [0.15, 0.2) is 0 Å². The standard InChI is InChI=1S/C22H17N5O/c1-14-2-4-18(5-3-14)26-22(28)16-7-9-27-20(11-16)19(13-25-27)17-10-15-6-8-23-21(15)24-12-17/h2-13H,1H3,(H,23,24)(H,26,28). The Bertz CT molecular complexity index is 1310. The fraction of sp³-hybridized carbons (Fsp3) is 0.0455. The number of rotatable bonds is 3. The van der Waals surface area contributed by atoms with Crippen molar-refractivity contribution in [2.75, 3.05) is 5.32 Å². The van der Waals surface area contributed by atoms with Crippen LogP contribution in [0.25, 0.3) is 27.7 Å². The predicted molar refractivity (Wildman–Crippen MR) is 109 cm³/mol. The lowest BCUT2D eigenvalue weighted by Crippen LogP contribution is -2.12. The van der Waals surface area contributed by atoms with E-state index in [2.05, 4.69) is 26.4 Å². The van der Waals surface area contributed by atoms with Crippen molar-refractivity contribution in [1.29, 1.82) is 0 Å². The average Bonchev–Trinajstić information content (AvgIpc) is 3.35. The summed E-state index contributed by atoms with van der Waals surface area (Å²) in [7, 11) is 0. The Morgan fingerprint density at radius 2 is 1.93 bits per heavy atom. The zero-order valence-corrected chi connectivity index (χ0v) is 15.2. The maximum Gasteiger partial charge on any atom is 0.255 e. The van der Waals surface area contributed by atoms with E-state index in [4.69, 9.17) is 0 Å². The topological polar surface area (TPSA) is 75.1 Å². The number of fused-ring (bicyclic) bond motifs is 2. The van der Waals surface area contributed by atoms with E-state index in [-0.39, 0.29) is 5.91 Å². The summed E-state index contributed by atoms with van der Waals surface area (Å²) in [6.07, 6.45) is 7.28. The molecular weight excluding hydrogens is 350 g/mol. The van der Waals surface area contributed by atoms with Gasteiger partial charge in [-0.2, -0.15) is 5.10 Å². The van der Waals surface area contributed by atoms with Crippen LogP contribution in [0, 0.1) is 6.92 Å². The number of anilines is 1. The number of pyridine rings is 2. The molecule has 1 amide bonds. The van der Waals surface area contributed by atoms with Crippen molar-refractivity contribution in [2.45, 2.75) is 6.92 Å². The molecule has 6 heteroatoms. The Hall–Kier alpha value is -3.93. The number of carbonyl (C=O) groups is 1. The molecule has 6 nitrogen and oxygen atoms in total. The van der Waals surface area contributed by atoms with Crippen LogP contribution in [0.4, 0.5) is 5.69 Å². The second-order valence-corrected chi connectivity index (χ2v) is 6.76. The summed E-state index contributed by atoms with van der Waals surface area (Å²) >= 11 is 0. The zero-order chi connectivity index (χ0) is 19.1. The number of benzene rings is 1. The van der Waals surface area contributed by atoms with E-state index >= 15 is 0 Å². The van der Waals surface area contributed by atoms with E-state index in [9.17, 15) is 4.79 Å². The number of H-pyrrole nitrogens is 1. The van der Waals surface area contributed by atoms with Crippen molar-refractivity contribution in [1.82, 2.24) is 19.6 Å². The van der Waals surface area contributed by atoms with Crippen LogP contribution in [0.15, 0.2) is 73.3 Å². The Morgan fingerprint density at radius 1 is 1.07 bits per heavy atom. The second kappa shape index (κ2) is 6.35. The molecule has 136 valence electrons. The Balaban J connectivity index is 1.52. The fourth-order valence-electron chi connectivity index (χ4n) is 3.27. The number of nitrogens with one attached hydrogen (secondary N) is 2. The van der Waals surface area contributed by atoms with E-state index in [1.807, 2.05) is 55.7 Å². The van der Waals surface area contributed by atoms with Crippen LogP contribution in [-0.4, -0.2) is 25.5 Å². The maximum absolute atomic E-state index is 12.7. The van der Waals surface area contributed by atoms with Crippen LogP contribution in [0.5, 0.6) is 0 Å². The van der Waals surface area contributed by atoms with Gasteiger partial charge in [-0.15, -0.1) is 0 Å². The predicted octanol–water partition coefficient (Wildman–Crippen LogP) is 4.44. The number of carbonyl (C=O) groups excluding carboxylic acids is 1. The minimum atomic E-state index is -0.155. The number of aromatic amines is 1. The molecule has 0 atom stereocenters. The molecule has 0 fully saturated rings. The Kier molecular flexibility index (Phi) is 3.69. The van der Waals surface area contributed by atoms with Gasteiger partial charge in [0, 0.05) is 46.4 Å². The smallest absolute Gasteiger partial charge is 0.255 e. The molecule has 2 N–H and O–H groups in total. The first kappa shape index (κ1) is 16.3. The molecule has 0 aliphatic heterocycles. The van der Waals surface area contributed by atoms with Gasteiger partial charge in [0.25, 0.3) is 5.91 Å². The normalized spacial score (nSPS) is 11.2. The first-order chi connectivity index (χ1) is 13.7. The molecule has 0 saturated carbocycles. The minimum Gasteiger partial charge on any atom is -0.346 e. The molecule has 0 unspecified atom stereocenters. The molecule has 28 heavy (non-hydrogen) atoms. The lowest BCUT2D eigenvalue weighted by Gasteiger charge is -2.07. The Labute approximate surface area is 160 Å². The van der Waals surface area contributed by atoms with E-state index in [0.717, 1.165) is 38.9 Å². The van der Waals surface area contributed by atoms with Crippen LogP contribution in [0.2, 0.25) is 0 Å². The summed E-state index contributed by atoms with van der Waals surface area (Å²) in [5.41, 5.74) is 6.08. The van der Waals surface area contributed by atoms with Gasteiger partial charge in [-0.25, -0.2) is 9.50 Å². The highest BCUT2D eigenvalue weighted by molar-refractivity contribution is 6.05. The van der Waals surface area contributed by atoms with Gasteiger partial charge in [-0.05, 0) is 43.3 Å². The third-order valence-corrected chi connectivity index (χ3v) is 4.80. The zero-order valence-electron chi connectivity index (χ0n) is 15.2. The van der Waals surface area contributed by atoms with E-state index in [0.29, 0.717) is 5.56 Å². The lowest BCUT2D eigenvalue weighted by molar-refractivity contribution is 0.102. The fourth-order valence-corrected chi connectivity index (χ4v) is 3.27.